The number of rotatable bonds is 6. The molecule has 0 atom stereocenters. The Morgan fingerprint density at radius 3 is 0.821 bits per heavy atom. The van der Waals surface area contributed by atoms with E-state index in [1.165, 1.54) is 57.2 Å². The maximum atomic E-state index is 10.6. The zero-order valence-electron chi connectivity index (χ0n) is 20.9. The molecular weight excluding hydrogens is 516 g/mol. The van der Waals surface area contributed by atoms with Gasteiger partial charge in [-0.05, 0) is 36.4 Å². The first-order valence-electron chi connectivity index (χ1n) is 10.9. The van der Waals surface area contributed by atoms with Gasteiger partial charge in [0.2, 0.25) is 0 Å². The largest absolute Gasteiger partial charge is 0.478 e. The molecule has 0 unspecified atom stereocenters. The van der Waals surface area contributed by atoms with E-state index in [4.69, 9.17) is 15.3 Å². The highest BCUT2D eigenvalue weighted by Gasteiger charge is 2.12. The van der Waals surface area contributed by atoms with Crippen LogP contribution in [0.4, 0.5) is 0 Å². The molecule has 0 saturated carbocycles. The lowest BCUT2D eigenvalue weighted by atomic mass is 10.2. The highest BCUT2D eigenvalue weighted by molar-refractivity contribution is 5.93. The summed E-state index contributed by atoms with van der Waals surface area (Å²) in [4.78, 5) is 63.6. The quantitative estimate of drug-likeness (QED) is 0.302. The predicted octanol–water partition coefficient (Wildman–Crippen LogP) is 3.93. The molecule has 3 N–H and O–H groups in total. The van der Waals surface area contributed by atoms with Gasteiger partial charge in [0.1, 0.15) is 33.9 Å². The van der Waals surface area contributed by atoms with Gasteiger partial charge in [-0.3, -0.25) is 14.4 Å². The molecular formula is C27H24O12. The number of carbonyl (C=O) groups is 6. The molecule has 0 bridgehead atoms. The molecule has 3 rings (SSSR count). The van der Waals surface area contributed by atoms with E-state index in [0.717, 1.165) is 0 Å². The first-order chi connectivity index (χ1) is 18.3. The van der Waals surface area contributed by atoms with E-state index in [2.05, 4.69) is 14.2 Å². The van der Waals surface area contributed by atoms with Crippen LogP contribution in [0.15, 0.2) is 72.8 Å². The first-order valence-corrected chi connectivity index (χ1v) is 10.9. The van der Waals surface area contributed by atoms with Crippen molar-refractivity contribution in [1.82, 2.24) is 0 Å². The van der Waals surface area contributed by atoms with Crippen molar-refractivity contribution in [2.45, 2.75) is 20.8 Å². The molecule has 0 saturated heterocycles. The molecule has 0 fully saturated rings. The van der Waals surface area contributed by atoms with Crippen molar-refractivity contribution in [3.63, 3.8) is 0 Å². The number of carboxylic acid groups (broad SMARTS) is 3. The number of carboxylic acids is 3. The Morgan fingerprint density at radius 2 is 0.641 bits per heavy atom. The number of ether oxygens (including phenoxy) is 3. The molecule has 0 radical (unpaired) electrons. The summed E-state index contributed by atoms with van der Waals surface area (Å²) in [6, 6.07) is 17.9. The maximum Gasteiger partial charge on any atom is 0.339 e. The van der Waals surface area contributed by atoms with Crippen LogP contribution in [0.1, 0.15) is 51.8 Å². The SMILES string of the molecule is CC(=O)Oc1ccccc1C(=O)O.CC(=O)Oc1ccccc1C(=O)O.CC(=O)Oc1ccccc1C(=O)O. The summed E-state index contributed by atoms with van der Waals surface area (Å²) in [5, 5.41) is 26.1. The maximum absolute atomic E-state index is 10.6. The van der Waals surface area contributed by atoms with E-state index < -0.39 is 35.8 Å². The monoisotopic (exact) mass is 540 g/mol. The van der Waals surface area contributed by atoms with E-state index in [-0.39, 0.29) is 33.9 Å². The van der Waals surface area contributed by atoms with Crippen LogP contribution in [0.5, 0.6) is 17.2 Å². The summed E-state index contributed by atoms with van der Waals surface area (Å²) in [5.74, 6) is -4.73. The summed E-state index contributed by atoms with van der Waals surface area (Å²) < 4.78 is 14.1. The van der Waals surface area contributed by atoms with E-state index in [0.29, 0.717) is 0 Å². The van der Waals surface area contributed by atoms with E-state index in [1.807, 2.05) is 0 Å². The van der Waals surface area contributed by atoms with Gasteiger partial charge in [-0.25, -0.2) is 14.4 Å². The molecule has 3 aromatic rings. The van der Waals surface area contributed by atoms with Crippen molar-refractivity contribution in [2.24, 2.45) is 0 Å². The van der Waals surface area contributed by atoms with Crippen molar-refractivity contribution < 1.29 is 58.3 Å². The standard InChI is InChI=1S/3C9H8O4/c3*1-6(10)13-8-5-3-2-4-7(8)9(11)12/h3*2-5H,1H3,(H,11,12). The molecule has 12 heteroatoms. The number of esters is 3. The number of benzene rings is 3. The Kier molecular flexibility index (Phi) is 12.6. The van der Waals surface area contributed by atoms with Gasteiger partial charge in [0.25, 0.3) is 0 Å². The van der Waals surface area contributed by atoms with Gasteiger partial charge in [-0.1, -0.05) is 36.4 Å². The fourth-order valence-corrected chi connectivity index (χ4v) is 2.66. The van der Waals surface area contributed by atoms with Gasteiger partial charge in [0, 0.05) is 20.8 Å². The van der Waals surface area contributed by atoms with Crippen LogP contribution in [0.2, 0.25) is 0 Å². The predicted molar refractivity (Wildman–Crippen MR) is 134 cm³/mol. The van der Waals surface area contributed by atoms with E-state index >= 15 is 0 Å². The third-order valence-corrected chi connectivity index (χ3v) is 4.11. The minimum Gasteiger partial charge on any atom is -0.478 e. The molecule has 204 valence electrons. The van der Waals surface area contributed by atoms with Gasteiger partial charge >= 0.3 is 35.8 Å². The summed E-state index contributed by atoms with van der Waals surface area (Å²) in [5.41, 5.74) is -0.0481. The smallest absolute Gasteiger partial charge is 0.339 e. The van der Waals surface area contributed by atoms with Crippen LogP contribution < -0.4 is 14.2 Å². The number of carbonyl (C=O) groups excluding carboxylic acids is 3. The van der Waals surface area contributed by atoms with Crippen molar-refractivity contribution in [3.05, 3.63) is 89.5 Å². The van der Waals surface area contributed by atoms with Gasteiger partial charge in [0.15, 0.2) is 0 Å². The lowest BCUT2D eigenvalue weighted by Crippen LogP contribution is -2.06. The molecule has 0 aliphatic rings. The van der Waals surface area contributed by atoms with E-state index in [9.17, 15) is 28.8 Å². The average Bonchev–Trinajstić information content (AvgIpc) is 2.84. The average molecular weight is 540 g/mol. The van der Waals surface area contributed by atoms with Crippen molar-refractivity contribution >= 4 is 35.8 Å². The van der Waals surface area contributed by atoms with Crippen molar-refractivity contribution in [3.8, 4) is 17.2 Å². The Bertz CT molecular complexity index is 1190. The fourth-order valence-electron chi connectivity index (χ4n) is 2.66. The van der Waals surface area contributed by atoms with Crippen LogP contribution in [-0.4, -0.2) is 51.1 Å². The number of aromatic carboxylic acids is 3. The van der Waals surface area contributed by atoms with Gasteiger partial charge in [-0.2, -0.15) is 0 Å². The zero-order valence-corrected chi connectivity index (χ0v) is 20.9. The third-order valence-electron chi connectivity index (χ3n) is 4.11. The Labute approximate surface area is 222 Å². The minimum absolute atomic E-state index is 0.0160. The molecule has 39 heavy (non-hydrogen) atoms. The number of para-hydroxylation sites is 3. The Hall–Kier alpha value is -5.52. The van der Waals surface area contributed by atoms with Crippen LogP contribution in [0, 0.1) is 0 Å². The molecule has 0 spiro atoms. The lowest BCUT2D eigenvalue weighted by molar-refractivity contribution is -0.132. The molecule has 3 aromatic carbocycles. The second-order valence-electron chi connectivity index (χ2n) is 7.18. The van der Waals surface area contributed by atoms with Crippen LogP contribution in [0.25, 0.3) is 0 Å². The second kappa shape index (κ2) is 15.6. The van der Waals surface area contributed by atoms with Gasteiger partial charge in [-0.15, -0.1) is 0 Å². The zero-order chi connectivity index (χ0) is 29.5. The van der Waals surface area contributed by atoms with Crippen molar-refractivity contribution in [2.75, 3.05) is 0 Å². The molecule has 0 aliphatic heterocycles. The van der Waals surface area contributed by atoms with E-state index in [1.54, 1.807) is 36.4 Å². The van der Waals surface area contributed by atoms with Gasteiger partial charge in [0.05, 0.1) is 0 Å². The summed E-state index contributed by atoms with van der Waals surface area (Å²) >= 11 is 0. The molecule has 0 aromatic heterocycles. The fraction of sp³-hybridized carbons (Fsp3) is 0.111. The number of hydrogen-bond donors (Lipinski definition) is 3. The van der Waals surface area contributed by atoms with Crippen LogP contribution in [-0.2, 0) is 14.4 Å². The first kappa shape index (κ1) is 31.5. The van der Waals surface area contributed by atoms with Crippen LogP contribution >= 0.6 is 0 Å². The normalized spacial score (nSPS) is 9.31. The summed E-state index contributed by atoms with van der Waals surface area (Å²) in [6.45, 7) is 3.66. The summed E-state index contributed by atoms with van der Waals surface area (Å²) in [7, 11) is 0. The minimum atomic E-state index is -1.11. The molecule has 0 heterocycles. The Morgan fingerprint density at radius 1 is 0.436 bits per heavy atom. The lowest BCUT2D eigenvalue weighted by Gasteiger charge is -2.03. The molecule has 12 nitrogen and oxygen atoms in total. The van der Waals surface area contributed by atoms with Crippen LogP contribution in [0.3, 0.4) is 0 Å². The topological polar surface area (TPSA) is 191 Å². The number of hydrogen-bond acceptors (Lipinski definition) is 9. The molecule has 0 aliphatic carbocycles. The highest BCUT2D eigenvalue weighted by atomic mass is 16.5. The Balaban J connectivity index is 0.000000292. The van der Waals surface area contributed by atoms with Crippen molar-refractivity contribution in [1.29, 1.82) is 0 Å². The van der Waals surface area contributed by atoms with Gasteiger partial charge < -0.3 is 29.5 Å². The summed E-state index contributed by atoms with van der Waals surface area (Å²) in [6.07, 6.45) is 0. The second-order valence-corrected chi connectivity index (χ2v) is 7.18. The molecule has 0 amide bonds. The highest BCUT2D eigenvalue weighted by Crippen LogP contribution is 2.19. The third kappa shape index (κ3) is 11.4.